The molecule has 1 fully saturated rings. The van der Waals surface area contributed by atoms with Crippen LogP contribution in [-0.2, 0) is 19.1 Å². The van der Waals surface area contributed by atoms with E-state index in [0.29, 0.717) is 32.5 Å². The lowest BCUT2D eigenvalue weighted by atomic mass is 10.1. The van der Waals surface area contributed by atoms with Gasteiger partial charge in [0, 0.05) is 46.2 Å². The smallest absolute Gasteiger partial charge is 0.323 e. The number of unbranched alkanes of at least 4 members (excludes halogenated alkanes) is 1. The normalized spacial score (nSPS) is 18.3. The molecular weight excluding hydrogens is 300 g/mol. The lowest BCUT2D eigenvalue weighted by Crippen LogP contribution is -2.43. The average molecular weight is 328 g/mol. The highest BCUT2D eigenvalue weighted by atomic mass is 16.5. The zero-order valence-electron chi connectivity index (χ0n) is 14.1. The predicted molar refractivity (Wildman–Crippen MR) is 85.0 cm³/mol. The highest BCUT2D eigenvalue weighted by molar-refractivity contribution is 5.80. The fourth-order valence-corrected chi connectivity index (χ4v) is 2.96. The first-order valence-electron chi connectivity index (χ1n) is 8.21. The molecule has 1 rings (SSSR count). The molecule has 0 aromatic carbocycles. The van der Waals surface area contributed by atoms with E-state index in [4.69, 9.17) is 9.84 Å². The average Bonchev–Trinajstić information content (AvgIpc) is 2.74. The number of rotatable bonds is 8. The number of hydrogen-bond donors (Lipinski definition) is 1. The predicted octanol–water partition coefficient (Wildman–Crippen LogP) is 1.12. The molecule has 0 spiro atoms. The number of nitrogens with zero attached hydrogens (tertiary/aromatic N) is 2. The maximum atomic E-state index is 12.2. The number of methoxy groups -OCH3 is 1. The van der Waals surface area contributed by atoms with Crippen LogP contribution < -0.4 is 0 Å². The number of hydrogen-bond acceptors (Lipinski definition) is 4. The molecule has 1 unspecified atom stereocenters. The van der Waals surface area contributed by atoms with Crippen LogP contribution >= 0.6 is 0 Å². The van der Waals surface area contributed by atoms with Crippen molar-refractivity contribution in [2.45, 2.75) is 51.5 Å². The lowest BCUT2D eigenvalue weighted by molar-refractivity contribution is -0.145. The molecule has 2 amide bonds. The molecule has 1 N–H and O–H groups in total. The maximum absolute atomic E-state index is 12.2. The van der Waals surface area contributed by atoms with Crippen molar-refractivity contribution < 1.29 is 24.2 Å². The van der Waals surface area contributed by atoms with Gasteiger partial charge in [0.1, 0.15) is 6.54 Å². The summed E-state index contributed by atoms with van der Waals surface area (Å²) in [6.45, 7) is 3.05. The highest BCUT2D eigenvalue weighted by Crippen LogP contribution is 2.18. The molecule has 7 heteroatoms. The number of amides is 2. The van der Waals surface area contributed by atoms with Crippen molar-refractivity contribution in [2.24, 2.45) is 0 Å². The summed E-state index contributed by atoms with van der Waals surface area (Å²) in [5.74, 6) is -1.10. The Morgan fingerprint density at radius 3 is 2.57 bits per heavy atom. The lowest BCUT2D eigenvalue weighted by Gasteiger charge is -2.28. The first-order chi connectivity index (χ1) is 11.0. The number of carboxylic acid groups (broad SMARTS) is 1. The Labute approximate surface area is 137 Å². The highest BCUT2D eigenvalue weighted by Gasteiger charge is 2.27. The zero-order chi connectivity index (χ0) is 17.2. The number of carbonyl (C=O) groups excluding carboxylic acids is 2. The first kappa shape index (κ1) is 19.4. The fraction of sp³-hybridized carbons (Fsp3) is 0.812. The van der Waals surface area contributed by atoms with Gasteiger partial charge in [0.05, 0.1) is 0 Å². The molecule has 132 valence electrons. The van der Waals surface area contributed by atoms with Crippen LogP contribution in [0.2, 0.25) is 0 Å². The summed E-state index contributed by atoms with van der Waals surface area (Å²) < 4.78 is 4.97. The van der Waals surface area contributed by atoms with E-state index in [1.54, 1.807) is 7.11 Å². The van der Waals surface area contributed by atoms with Gasteiger partial charge < -0.3 is 19.6 Å². The van der Waals surface area contributed by atoms with Gasteiger partial charge in [-0.05, 0) is 32.1 Å². The minimum Gasteiger partial charge on any atom is -0.480 e. The Kier molecular flexibility index (Phi) is 8.61. The van der Waals surface area contributed by atoms with Crippen LogP contribution in [0.5, 0.6) is 0 Å². The van der Waals surface area contributed by atoms with E-state index in [0.717, 1.165) is 25.7 Å². The molecule has 0 aliphatic carbocycles. The Balaban J connectivity index is 2.49. The van der Waals surface area contributed by atoms with Crippen LogP contribution in [-0.4, -0.2) is 72.1 Å². The summed E-state index contributed by atoms with van der Waals surface area (Å²) in [7, 11) is 1.65. The van der Waals surface area contributed by atoms with E-state index in [9.17, 15) is 14.4 Å². The van der Waals surface area contributed by atoms with Gasteiger partial charge >= 0.3 is 5.97 Å². The molecule has 0 bridgehead atoms. The van der Waals surface area contributed by atoms with Crippen LogP contribution in [0.4, 0.5) is 0 Å². The summed E-state index contributed by atoms with van der Waals surface area (Å²) in [5, 5.41) is 8.95. The minimum absolute atomic E-state index is 0.102. The third kappa shape index (κ3) is 6.99. The van der Waals surface area contributed by atoms with E-state index >= 15 is 0 Å². The van der Waals surface area contributed by atoms with Gasteiger partial charge in [-0.2, -0.15) is 0 Å². The second kappa shape index (κ2) is 10.2. The third-order valence-corrected chi connectivity index (χ3v) is 4.19. The molecule has 1 saturated heterocycles. The number of carboxylic acids is 1. The van der Waals surface area contributed by atoms with E-state index in [2.05, 4.69) is 0 Å². The number of likely N-dealkylation sites (tertiary alicyclic amines) is 1. The molecule has 1 heterocycles. The van der Waals surface area contributed by atoms with E-state index in [1.807, 2.05) is 4.90 Å². The van der Waals surface area contributed by atoms with Crippen molar-refractivity contribution in [3.8, 4) is 0 Å². The van der Waals surface area contributed by atoms with Crippen molar-refractivity contribution in [3.63, 3.8) is 0 Å². The molecule has 1 aliphatic heterocycles. The van der Waals surface area contributed by atoms with E-state index < -0.39 is 5.97 Å². The molecule has 0 radical (unpaired) electrons. The number of ether oxygens (including phenoxy) is 1. The maximum Gasteiger partial charge on any atom is 0.323 e. The molecule has 23 heavy (non-hydrogen) atoms. The summed E-state index contributed by atoms with van der Waals surface area (Å²) >= 11 is 0. The van der Waals surface area contributed by atoms with Gasteiger partial charge in [-0.3, -0.25) is 14.4 Å². The van der Waals surface area contributed by atoms with Crippen molar-refractivity contribution in [1.82, 2.24) is 9.80 Å². The Bertz CT molecular complexity index is 413. The summed E-state index contributed by atoms with van der Waals surface area (Å²) in [6.07, 6.45) is 4.36. The summed E-state index contributed by atoms with van der Waals surface area (Å²) in [6, 6.07) is -0.102. The Morgan fingerprint density at radius 2 is 1.96 bits per heavy atom. The summed E-state index contributed by atoms with van der Waals surface area (Å²) in [5.41, 5.74) is 0. The summed E-state index contributed by atoms with van der Waals surface area (Å²) in [4.78, 5) is 38.1. The van der Waals surface area contributed by atoms with Gasteiger partial charge in [0.15, 0.2) is 0 Å². The van der Waals surface area contributed by atoms with E-state index in [1.165, 1.54) is 11.8 Å². The molecule has 1 aliphatic rings. The Hall–Kier alpha value is -1.63. The SMILES string of the molecule is COCCCCC(=O)N1CCCC(N(CC(=O)O)C(C)=O)CC1. The third-order valence-electron chi connectivity index (χ3n) is 4.19. The van der Waals surface area contributed by atoms with Crippen molar-refractivity contribution >= 4 is 17.8 Å². The van der Waals surface area contributed by atoms with Crippen molar-refractivity contribution in [2.75, 3.05) is 33.4 Å². The molecule has 1 atom stereocenters. The number of aliphatic carboxylic acids is 1. The minimum atomic E-state index is -1.00. The van der Waals surface area contributed by atoms with Gasteiger partial charge in [0.25, 0.3) is 0 Å². The van der Waals surface area contributed by atoms with Crippen LogP contribution in [0.25, 0.3) is 0 Å². The Morgan fingerprint density at radius 1 is 1.22 bits per heavy atom. The van der Waals surface area contributed by atoms with Crippen LogP contribution in [0.15, 0.2) is 0 Å². The monoisotopic (exact) mass is 328 g/mol. The van der Waals surface area contributed by atoms with Crippen molar-refractivity contribution in [1.29, 1.82) is 0 Å². The largest absolute Gasteiger partial charge is 0.480 e. The molecular formula is C16H28N2O5. The van der Waals surface area contributed by atoms with Gasteiger partial charge in [-0.25, -0.2) is 0 Å². The van der Waals surface area contributed by atoms with E-state index in [-0.39, 0.29) is 24.4 Å². The quantitative estimate of drug-likeness (QED) is 0.675. The van der Waals surface area contributed by atoms with Crippen LogP contribution in [0.3, 0.4) is 0 Å². The van der Waals surface area contributed by atoms with Crippen LogP contribution in [0.1, 0.15) is 45.4 Å². The second-order valence-corrected chi connectivity index (χ2v) is 5.96. The molecule has 0 saturated carbocycles. The zero-order valence-corrected chi connectivity index (χ0v) is 14.1. The molecule has 0 aromatic heterocycles. The van der Waals surface area contributed by atoms with Gasteiger partial charge in [-0.15, -0.1) is 0 Å². The van der Waals surface area contributed by atoms with Gasteiger partial charge in [0.2, 0.25) is 11.8 Å². The van der Waals surface area contributed by atoms with Gasteiger partial charge in [-0.1, -0.05) is 0 Å². The topological polar surface area (TPSA) is 87.2 Å². The second-order valence-electron chi connectivity index (χ2n) is 5.96. The standard InChI is InChI=1S/C16H28N2O5/c1-13(19)18(12-16(21)22)14-6-5-9-17(10-8-14)15(20)7-3-4-11-23-2/h14H,3-12H2,1-2H3,(H,21,22). The molecule has 0 aromatic rings. The van der Waals surface area contributed by atoms with Crippen LogP contribution in [0, 0.1) is 0 Å². The fourth-order valence-electron chi connectivity index (χ4n) is 2.96. The molecule has 7 nitrogen and oxygen atoms in total. The number of carbonyl (C=O) groups is 3. The first-order valence-corrected chi connectivity index (χ1v) is 8.21. The van der Waals surface area contributed by atoms with Crippen molar-refractivity contribution in [3.05, 3.63) is 0 Å².